The maximum absolute atomic E-state index is 14.3. The van der Waals surface area contributed by atoms with Gasteiger partial charge >= 0.3 is 0 Å². The number of aliphatic hydroxyl groups is 1. The van der Waals surface area contributed by atoms with Gasteiger partial charge in [-0.1, -0.05) is 29.3 Å². The summed E-state index contributed by atoms with van der Waals surface area (Å²) in [5, 5.41) is 10.9. The van der Waals surface area contributed by atoms with Gasteiger partial charge in [0.1, 0.15) is 35.0 Å². The Kier molecular flexibility index (Phi) is 7.31. The molecular formula is C26H24Cl2F2N4O2. The highest BCUT2D eigenvalue weighted by atomic mass is 35.5. The molecule has 0 saturated carbocycles. The summed E-state index contributed by atoms with van der Waals surface area (Å²) in [6.45, 7) is 6.27. The van der Waals surface area contributed by atoms with E-state index in [4.69, 9.17) is 27.9 Å². The predicted octanol–water partition coefficient (Wildman–Crippen LogP) is 6.47. The maximum atomic E-state index is 14.3. The fourth-order valence-electron chi connectivity index (χ4n) is 3.62. The maximum Gasteiger partial charge on any atom is 0.231 e. The summed E-state index contributed by atoms with van der Waals surface area (Å²) in [6, 6.07) is 9.66. The zero-order valence-electron chi connectivity index (χ0n) is 20.1. The Hall–Kier alpha value is -3.07. The molecule has 1 aromatic heterocycles. The number of aliphatic imine (C=N–C) groups is 1. The molecule has 1 atom stereocenters. The van der Waals surface area contributed by atoms with Crippen LogP contribution >= 0.6 is 23.2 Å². The number of ether oxygens (including phenoxy) is 1. The van der Waals surface area contributed by atoms with Gasteiger partial charge in [-0.2, -0.15) is 0 Å². The second kappa shape index (κ2) is 10.1. The van der Waals surface area contributed by atoms with E-state index < -0.39 is 23.4 Å². The Balaban J connectivity index is 1.58. The Morgan fingerprint density at radius 2 is 1.89 bits per heavy atom. The zero-order chi connectivity index (χ0) is 26.2. The molecule has 0 spiro atoms. The fourth-order valence-corrected chi connectivity index (χ4v) is 4.04. The number of halogens is 4. The van der Waals surface area contributed by atoms with Crippen molar-refractivity contribution in [3.8, 4) is 11.3 Å². The second-order valence-corrected chi connectivity index (χ2v) is 9.69. The van der Waals surface area contributed by atoms with E-state index in [0.29, 0.717) is 22.2 Å². The van der Waals surface area contributed by atoms with Crippen molar-refractivity contribution in [3.05, 3.63) is 87.4 Å². The molecule has 1 aliphatic heterocycles. The molecule has 1 unspecified atom stereocenters. The van der Waals surface area contributed by atoms with E-state index in [1.54, 1.807) is 43.3 Å². The van der Waals surface area contributed by atoms with Crippen molar-refractivity contribution >= 4 is 34.8 Å². The first kappa shape index (κ1) is 26.0. The van der Waals surface area contributed by atoms with Crippen molar-refractivity contribution in [1.82, 2.24) is 9.97 Å². The lowest BCUT2D eigenvalue weighted by Gasteiger charge is -2.30. The van der Waals surface area contributed by atoms with Gasteiger partial charge in [-0.25, -0.2) is 23.7 Å². The monoisotopic (exact) mass is 532 g/mol. The lowest BCUT2D eigenvalue weighted by molar-refractivity contribution is 0.0688. The summed E-state index contributed by atoms with van der Waals surface area (Å²) in [7, 11) is 0. The minimum absolute atomic E-state index is 0.0734. The SMILES string of the molecule is Cc1c(F)ccc(COC2=NC(C)N(c3cc(-c4ccnc(C(C)(C)O)n4)ccc3Cl)C=C2Cl)c1F. The van der Waals surface area contributed by atoms with Crippen LogP contribution in [0.15, 0.2) is 58.8 Å². The lowest BCUT2D eigenvalue weighted by atomic mass is 10.1. The molecule has 3 aromatic rings. The molecular weight excluding hydrogens is 509 g/mol. The highest BCUT2D eigenvalue weighted by Gasteiger charge is 2.25. The van der Waals surface area contributed by atoms with E-state index in [1.807, 2.05) is 19.1 Å². The third-order valence-electron chi connectivity index (χ3n) is 5.65. The molecule has 0 aliphatic carbocycles. The van der Waals surface area contributed by atoms with E-state index in [2.05, 4.69) is 15.0 Å². The topological polar surface area (TPSA) is 70.8 Å². The summed E-state index contributed by atoms with van der Waals surface area (Å²) in [5.74, 6) is -0.849. The summed E-state index contributed by atoms with van der Waals surface area (Å²) in [5.41, 5.74) is 0.934. The molecule has 2 heterocycles. The van der Waals surface area contributed by atoms with Crippen LogP contribution in [0.25, 0.3) is 11.3 Å². The molecule has 0 amide bonds. The molecule has 10 heteroatoms. The summed E-state index contributed by atoms with van der Waals surface area (Å²) in [4.78, 5) is 14.9. The van der Waals surface area contributed by atoms with Gasteiger partial charge < -0.3 is 14.7 Å². The molecule has 0 saturated heterocycles. The van der Waals surface area contributed by atoms with E-state index in [1.165, 1.54) is 19.1 Å². The minimum atomic E-state index is -1.19. The van der Waals surface area contributed by atoms with E-state index in [0.717, 1.165) is 5.56 Å². The quantitative estimate of drug-likeness (QED) is 0.407. The van der Waals surface area contributed by atoms with E-state index in [-0.39, 0.29) is 28.7 Å². The Bertz CT molecular complexity index is 1370. The molecule has 36 heavy (non-hydrogen) atoms. The van der Waals surface area contributed by atoms with Crippen LogP contribution in [0.5, 0.6) is 0 Å². The van der Waals surface area contributed by atoms with E-state index in [9.17, 15) is 13.9 Å². The minimum Gasteiger partial charge on any atom is -0.472 e. The molecule has 1 aliphatic rings. The molecule has 0 bridgehead atoms. The number of nitrogens with zero attached hydrogens (tertiary/aromatic N) is 4. The number of anilines is 1. The van der Waals surface area contributed by atoms with Gasteiger partial charge in [-0.3, -0.25) is 0 Å². The average Bonchev–Trinajstić information content (AvgIpc) is 2.84. The highest BCUT2D eigenvalue weighted by Crippen LogP contribution is 2.35. The summed E-state index contributed by atoms with van der Waals surface area (Å²) >= 11 is 13.0. The van der Waals surface area contributed by atoms with E-state index >= 15 is 0 Å². The highest BCUT2D eigenvalue weighted by molar-refractivity contribution is 6.42. The average molecular weight is 533 g/mol. The first-order chi connectivity index (χ1) is 17.0. The number of rotatable bonds is 5. The van der Waals surface area contributed by atoms with Crippen LogP contribution in [0.1, 0.15) is 37.7 Å². The smallest absolute Gasteiger partial charge is 0.231 e. The van der Waals surface area contributed by atoms with Crippen LogP contribution in [-0.2, 0) is 16.9 Å². The van der Waals surface area contributed by atoms with Crippen LogP contribution in [-0.4, -0.2) is 27.1 Å². The van der Waals surface area contributed by atoms with Crippen molar-refractivity contribution in [2.45, 2.75) is 46.1 Å². The molecule has 6 nitrogen and oxygen atoms in total. The number of hydrogen-bond acceptors (Lipinski definition) is 6. The van der Waals surface area contributed by atoms with Crippen LogP contribution in [0, 0.1) is 18.6 Å². The van der Waals surface area contributed by atoms with Gasteiger partial charge in [0, 0.05) is 29.1 Å². The number of aromatic nitrogens is 2. The van der Waals surface area contributed by atoms with Crippen molar-refractivity contribution in [1.29, 1.82) is 0 Å². The van der Waals surface area contributed by atoms with Crippen LogP contribution in [0.2, 0.25) is 5.02 Å². The standard InChI is InChI=1S/C26H24Cl2F2N4O2/c1-14-20(29)8-6-17(23(14)30)13-36-24-19(28)12-34(15(2)32-24)22-11-16(5-7-18(22)27)21-9-10-31-25(33-21)26(3,4)35/h5-12,15,35H,13H2,1-4H3. The van der Waals surface area contributed by atoms with Crippen LogP contribution in [0.3, 0.4) is 0 Å². The van der Waals surface area contributed by atoms with Gasteiger partial charge in [0.25, 0.3) is 0 Å². The normalized spacial score (nSPS) is 16.0. The number of benzene rings is 2. The second-order valence-electron chi connectivity index (χ2n) is 8.88. The largest absolute Gasteiger partial charge is 0.472 e. The van der Waals surface area contributed by atoms with Gasteiger partial charge in [0.05, 0.1) is 16.4 Å². The Labute approximate surface area is 217 Å². The number of hydrogen-bond donors (Lipinski definition) is 1. The summed E-state index contributed by atoms with van der Waals surface area (Å²) in [6.07, 6.45) is 2.77. The van der Waals surface area contributed by atoms with Gasteiger partial charge in [-0.15, -0.1) is 0 Å². The molecule has 1 N–H and O–H groups in total. The first-order valence-electron chi connectivity index (χ1n) is 11.1. The van der Waals surface area contributed by atoms with Crippen molar-refractivity contribution in [3.63, 3.8) is 0 Å². The molecule has 0 radical (unpaired) electrons. The molecule has 4 rings (SSSR count). The van der Waals surface area contributed by atoms with Gasteiger partial charge in [-0.05, 0) is 58.0 Å². The van der Waals surface area contributed by atoms with Crippen LogP contribution in [0.4, 0.5) is 14.5 Å². The third kappa shape index (κ3) is 5.36. The zero-order valence-corrected chi connectivity index (χ0v) is 21.6. The fraction of sp³-hybridized carbons (Fsp3) is 0.269. The van der Waals surface area contributed by atoms with Crippen molar-refractivity contribution in [2.24, 2.45) is 4.99 Å². The molecule has 188 valence electrons. The van der Waals surface area contributed by atoms with Crippen LogP contribution < -0.4 is 4.90 Å². The van der Waals surface area contributed by atoms with Crippen molar-refractivity contribution in [2.75, 3.05) is 4.90 Å². The van der Waals surface area contributed by atoms with Gasteiger partial charge in [0.2, 0.25) is 5.90 Å². The Morgan fingerprint density at radius 1 is 1.14 bits per heavy atom. The molecule has 0 fully saturated rings. The lowest BCUT2D eigenvalue weighted by Crippen LogP contribution is -2.32. The Morgan fingerprint density at radius 3 is 2.61 bits per heavy atom. The van der Waals surface area contributed by atoms with Gasteiger partial charge in [0.15, 0.2) is 5.82 Å². The van der Waals surface area contributed by atoms with Crippen molar-refractivity contribution < 1.29 is 18.6 Å². The first-order valence-corrected chi connectivity index (χ1v) is 11.9. The predicted molar refractivity (Wildman–Crippen MR) is 137 cm³/mol. The molecule has 2 aromatic carbocycles. The summed E-state index contributed by atoms with van der Waals surface area (Å²) < 4.78 is 33.5. The third-order valence-corrected chi connectivity index (χ3v) is 6.23.